The van der Waals surface area contributed by atoms with E-state index >= 15 is 0 Å². The number of carbonyl (C=O) groups excluding carboxylic acids is 1. The van der Waals surface area contributed by atoms with Gasteiger partial charge in [-0.15, -0.1) is 0 Å². The molecule has 0 radical (unpaired) electrons. The molecular formula is C11H15F2NO3. The monoisotopic (exact) mass is 247 g/mol. The van der Waals surface area contributed by atoms with Crippen LogP contribution < -0.4 is 5.73 Å². The fourth-order valence-electron chi connectivity index (χ4n) is 1.29. The summed E-state index contributed by atoms with van der Waals surface area (Å²) in [7, 11) is 0. The first-order valence-electron chi connectivity index (χ1n) is 5.18. The highest BCUT2D eigenvalue weighted by Gasteiger charge is 2.49. The molecule has 2 N–H and O–H groups in total. The Morgan fingerprint density at radius 3 is 2.59 bits per heavy atom. The van der Waals surface area contributed by atoms with Crippen LogP contribution in [-0.2, 0) is 9.53 Å². The highest BCUT2D eigenvalue weighted by Crippen LogP contribution is 2.32. The summed E-state index contributed by atoms with van der Waals surface area (Å²) in [6, 6.07) is -0.443. The summed E-state index contributed by atoms with van der Waals surface area (Å²) in [4.78, 5) is 11.1. The van der Waals surface area contributed by atoms with Crippen LogP contribution in [0.1, 0.15) is 30.0 Å². The Morgan fingerprint density at radius 1 is 1.59 bits per heavy atom. The lowest BCUT2D eigenvalue weighted by atomic mass is 10.1. The molecule has 0 aliphatic heterocycles. The predicted octanol–water partition coefficient (Wildman–Crippen LogP) is 2.09. The van der Waals surface area contributed by atoms with E-state index in [1.54, 1.807) is 13.8 Å². The number of aryl methyl sites for hydroxylation is 2. The summed E-state index contributed by atoms with van der Waals surface area (Å²) in [6.07, 6.45) is 0. The zero-order chi connectivity index (χ0) is 13.2. The summed E-state index contributed by atoms with van der Waals surface area (Å²) >= 11 is 0. The van der Waals surface area contributed by atoms with Gasteiger partial charge < -0.3 is 14.9 Å². The minimum Gasteiger partial charge on any atom is -0.464 e. The number of furan rings is 1. The number of alkyl halides is 2. The Balaban J connectivity index is 2.95. The van der Waals surface area contributed by atoms with Crippen LogP contribution in [0, 0.1) is 13.8 Å². The smallest absolute Gasteiger partial charge is 0.379 e. The van der Waals surface area contributed by atoms with Crippen molar-refractivity contribution < 1.29 is 22.7 Å². The third kappa shape index (κ3) is 2.63. The maximum Gasteiger partial charge on any atom is 0.379 e. The van der Waals surface area contributed by atoms with Gasteiger partial charge >= 0.3 is 11.9 Å². The molecule has 0 fully saturated rings. The number of carbonyl (C=O) groups is 1. The van der Waals surface area contributed by atoms with Crippen molar-refractivity contribution in [3.63, 3.8) is 0 Å². The Hall–Kier alpha value is -1.43. The molecule has 1 rings (SSSR count). The third-order valence-corrected chi connectivity index (χ3v) is 2.43. The average molecular weight is 247 g/mol. The first-order valence-corrected chi connectivity index (χ1v) is 5.18. The van der Waals surface area contributed by atoms with Gasteiger partial charge in [-0.05, 0) is 32.4 Å². The molecule has 4 nitrogen and oxygen atoms in total. The number of ether oxygens (including phenoxy) is 1. The van der Waals surface area contributed by atoms with Crippen LogP contribution in [0.25, 0.3) is 0 Å². The normalized spacial score (nSPS) is 13.5. The van der Waals surface area contributed by atoms with Crippen LogP contribution in [0.3, 0.4) is 0 Å². The molecule has 1 aromatic heterocycles. The molecular weight excluding hydrogens is 232 g/mol. The van der Waals surface area contributed by atoms with Crippen molar-refractivity contribution in [2.75, 3.05) is 6.61 Å². The molecule has 1 aromatic rings. The minimum atomic E-state index is -3.80. The maximum absolute atomic E-state index is 13.6. The molecule has 0 unspecified atom stereocenters. The second-order valence-electron chi connectivity index (χ2n) is 3.71. The zero-order valence-electron chi connectivity index (χ0n) is 9.92. The van der Waals surface area contributed by atoms with Crippen molar-refractivity contribution >= 4 is 5.97 Å². The number of esters is 1. The van der Waals surface area contributed by atoms with Gasteiger partial charge in [0, 0.05) is 0 Å². The van der Waals surface area contributed by atoms with Gasteiger partial charge in [-0.2, -0.15) is 8.78 Å². The molecule has 1 heterocycles. The standard InChI is InChI=1S/C11H15F2NO3/c1-4-16-10(15)11(12,13)9(14)8-5-6(2)7(3)17-8/h5,9H,4,14H2,1-3H3/t9-/m0/s1. The van der Waals surface area contributed by atoms with Gasteiger partial charge in [-0.1, -0.05) is 0 Å². The van der Waals surface area contributed by atoms with Crippen LogP contribution in [0.2, 0.25) is 0 Å². The molecule has 0 spiro atoms. The van der Waals surface area contributed by atoms with Crippen molar-refractivity contribution in [3.05, 3.63) is 23.2 Å². The van der Waals surface area contributed by atoms with Gasteiger partial charge in [0.1, 0.15) is 17.6 Å². The van der Waals surface area contributed by atoms with Crippen molar-refractivity contribution in [2.24, 2.45) is 5.73 Å². The number of halogens is 2. The number of hydrogen-bond acceptors (Lipinski definition) is 4. The lowest BCUT2D eigenvalue weighted by Gasteiger charge is -2.19. The zero-order valence-corrected chi connectivity index (χ0v) is 9.92. The maximum atomic E-state index is 13.6. The molecule has 0 saturated carbocycles. The highest BCUT2D eigenvalue weighted by molar-refractivity contribution is 5.78. The fourth-order valence-corrected chi connectivity index (χ4v) is 1.29. The van der Waals surface area contributed by atoms with E-state index in [2.05, 4.69) is 4.74 Å². The molecule has 0 aliphatic rings. The SMILES string of the molecule is CCOC(=O)C(F)(F)[C@@H](N)c1cc(C)c(C)o1. The molecule has 1 atom stereocenters. The molecule has 96 valence electrons. The first kappa shape index (κ1) is 13.6. The molecule has 17 heavy (non-hydrogen) atoms. The van der Waals surface area contributed by atoms with Gasteiger partial charge in [0.15, 0.2) is 0 Å². The quantitative estimate of drug-likeness (QED) is 0.827. The van der Waals surface area contributed by atoms with Crippen LogP contribution in [0.5, 0.6) is 0 Å². The Bertz CT molecular complexity index is 395. The number of nitrogens with two attached hydrogens (primary N) is 1. The molecule has 0 saturated heterocycles. The lowest BCUT2D eigenvalue weighted by Crippen LogP contribution is -2.41. The molecule has 0 bridgehead atoms. The summed E-state index contributed by atoms with van der Waals surface area (Å²) in [5.74, 6) is -5.07. The van der Waals surface area contributed by atoms with Crippen LogP contribution in [0.15, 0.2) is 10.5 Å². The average Bonchev–Trinajstić information content (AvgIpc) is 2.58. The first-order chi connectivity index (χ1) is 7.80. The van der Waals surface area contributed by atoms with Crippen LogP contribution in [0.4, 0.5) is 8.78 Å². The van der Waals surface area contributed by atoms with Gasteiger partial charge in [0.05, 0.1) is 6.61 Å². The molecule has 6 heteroatoms. The Labute approximate surface area is 97.7 Å². The summed E-state index contributed by atoms with van der Waals surface area (Å²) in [5.41, 5.74) is 6.05. The summed E-state index contributed by atoms with van der Waals surface area (Å²) < 4.78 is 36.5. The van der Waals surface area contributed by atoms with E-state index in [1.165, 1.54) is 13.0 Å². The predicted molar refractivity (Wildman–Crippen MR) is 56.7 cm³/mol. The van der Waals surface area contributed by atoms with Crippen LogP contribution >= 0.6 is 0 Å². The van der Waals surface area contributed by atoms with E-state index in [4.69, 9.17) is 10.2 Å². The molecule has 0 aromatic carbocycles. The fraction of sp³-hybridized carbons (Fsp3) is 0.545. The van der Waals surface area contributed by atoms with Gasteiger partial charge in [-0.25, -0.2) is 4.79 Å². The van der Waals surface area contributed by atoms with Gasteiger partial charge in [0.25, 0.3) is 0 Å². The largest absolute Gasteiger partial charge is 0.464 e. The topological polar surface area (TPSA) is 65.5 Å². The second-order valence-corrected chi connectivity index (χ2v) is 3.71. The van der Waals surface area contributed by atoms with E-state index in [-0.39, 0.29) is 12.4 Å². The van der Waals surface area contributed by atoms with Gasteiger partial charge in [0.2, 0.25) is 0 Å². The van der Waals surface area contributed by atoms with E-state index in [1.807, 2.05) is 0 Å². The minimum absolute atomic E-state index is 0.127. The second kappa shape index (κ2) is 4.83. The Morgan fingerprint density at radius 2 is 2.18 bits per heavy atom. The van der Waals surface area contributed by atoms with Crippen LogP contribution in [-0.4, -0.2) is 18.5 Å². The number of rotatable bonds is 4. The highest BCUT2D eigenvalue weighted by atomic mass is 19.3. The van der Waals surface area contributed by atoms with Crippen molar-refractivity contribution in [1.29, 1.82) is 0 Å². The number of hydrogen-bond donors (Lipinski definition) is 1. The van der Waals surface area contributed by atoms with E-state index in [0.717, 1.165) is 0 Å². The van der Waals surface area contributed by atoms with E-state index in [9.17, 15) is 13.6 Å². The van der Waals surface area contributed by atoms with Crippen molar-refractivity contribution in [1.82, 2.24) is 0 Å². The summed E-state index contributed by atoms with van der Waals surface area (Å²) in [6.45, 7) is 4.66. The Kier molecular flexibility index (Phi) is 3.87. The molecule has 0 amide bonds. The lowest BCUT2D eigenvalue weighted by molar-refractivity contribution is -0.175. The molecule has 0 aliphatic carbocycles. The van der Waals surface area contributed by atoms with Crippen molar-refractivity contribution in [2.45, 2.75) is 32.7 Å². The third-order valence-electron chi connectivity index (χ3n) is 2.43. The van der Waals surface area contributed by atoms with Gasteiger partial charge in [-0.3, -0.25) is 0 Å². The van der Waals surface area contributed by atoms with E-state index in [0.29, 0.717) is 11.3 Å². The summed E-state index contributed by atoms with van der Waals surface area (Å²) in [5, 5.41) is 0. The van der Waals surface area contributed by atoms with Crippen molar-refractivity contribution in [3.8, 4) is 0 Å². The van der Waals surface area contributed by atoms with E-state index < -0.39 is 17.9 Å².